The monoisotopic (exact) mass is 278 g/mol. The maximum atomic E-state index is 10.3. The quantitative estimate of drug-likeness (QED) is 0.668. The van der Waals surface area contributed by atoms with Crippen molar-refractivity contribution in [2.75, 3.05) is 0 Å². The van der Waals surface area contributed by atoms with E-state index in [1.807, 2.05) is 32.1 Å². The summed E-state index contributed by atoms with van der Waals surface area (Å²) in [6.07, 6.45) is 4.62. The van der Waals surface area contributed by atoms with Crippen molar-refractivity contribution in [3.8, 4) is 5.75 Å². The van der Waals surface area contributed by atoms with Crippen molar-refractivity contribution < 1.29 is 15.3 Å². The molecule has 0 bridgehead atoms. The van der Waals surface area contributed by atoms with Crippen LogP contribution in [0.3, 0.4) is 0 Å². The number of hydrogen-bond acceptors (Lipinski definition) is 3. The van der Waals surface area contributed by atoms with E-state index in [1.54, 1.807) is 0 Å². The van der Waals surface area contributed by atoms with E-state index in [-0.39, 0.29) is 12.4 Å². The molecule has 1 atom stereocenters. The van der Waals surface area contributed by atoms with Gasteiger partial charge in [-0.15, -0.1) is 0 Å². The van der Waals surface area contributed by atoms with E-state index in [9.17, 15) is 15.3 Å². The maximum Gasteiger partial charge on any atom is 0.124 e. The van der Waals surface area contributed by atoms with Gasteiger partial charge in [-0.3, -0.25) is 0 Å². The molecule has 0 aromatic heterocycles. The third-order valence-corrected chi connectivity index (χ3v) is 3.48. The summed E-state index contributed by atoms with van der Waals surface area (Å²) in [5.41, 5.74) is 3.05. The first kappa shape index (κ1) is 16.7. The van der Waals surface area contributed by atoms with Crippen LogP contribution in [-0.4, -0.2) is 15.3 Å². The lowest BCUT2D eigenvalue weighted by molar-refractivity contribution is 0.159. The minimum Gasteiger partial charge on any atom is -0.507 e. The van der Waals surface area contributed by atoms with Crippen molar-refractivity contribution in [2.45, 2.75) is 59.2 Å². The molecule has 0 fully saturated rings. The van der Waals surface area contributed by atoms with Crippen molar-refractivity contribution in [1.82, 2.24) is 0 Å². The predicted molar refractivity (Wildman–Crippen MR) is 81.6 cm³/mol. The Morgan fingerprint density at radius 1 is 1.30 bits per heavy atom. The number of aromatic hydroxyl groups is 1. The van der Waals surface area contributed by atoms with Gasteiger partial charge in [0.2, 0.25) is 0 Å². The fourth-order valence-corrected chi connectivity index (χ4v) is 2.21. The molecule has 0 aliphatic carbocycles. The summed E-state index contributed by atoms with van der Waals surface area (Å²) < 4.78 is 0. The molecule has 1 aromatic carbocycles. The van der Waals surface area contributed by atoms with Gasteiger partial charge in [0.15, 0.2) is 0 Å². The molecule has 0 unspecified atom stereocenters. The summed E-state index contributed by atoms with van der Waals surface area (Å²) in [5, 5.41) is 29.9. The van der Waals surface area contributed by atoms with E-state index >= 15 is 0 Å². The lowest BCUT2D eigenvalue weighted by Gasteiger charge is -2.17. The van der Waals surface area contributed by atoms with Crippen LogP contribution in [-0.2, 0) is 13.0 Å². The molecule has 0 heterocycles. The van der Waals surface area contributed by atoms with Gasteiger partial charge in [-0.25, -0.2) is 0 Å². The summed E-state index contributed by atoms with van der Waals surface area (Å²) in [4.78, 5) is 0. The second-order valence-electron chi connectivity index (χ2n) is 5.44. The molecule has 0 saturated heterocycles. The van der Waals surface area contributed by atoms with Crippen LogP contribution >= 0.6 is 0 Å². The average Bonchev–Trinajstić information content (AvgIpc) is 2.42. The molecule has 3 heteroatoms. The topological polar surface area (TPSA) is 60.7 Å². The number of phenols is 1. The number of hydrogen-bond donors (Lipinski definition) is 3. The molecule has 1 rings (SSSR count). The number of aliphatic hydroxyl groups is 2. The van der Waals surface area contributed by atoms with Gasteiger partial charge in [0.05, 0.1) is 12.7 Å². The van der Waals surface area contributed by atoms with Gasteiger partial charge in [-0.05, 0) is 37.8 Å². The van der Waals surface area contributed by atoms with Gasteiger partial charge < -0.3 is 15.3 Å². The molecule has 0 aliphatic rings. The Hall–Kier alpha value is -1.32. The van der Waals surface area contributed by atoms with Crippen molar-refractivity contribution in [1.29, 1.82) is 0 Å². The third kappa shape index (κ3) is 4.36. The van der Waals surface area contributed by atoms with E-state index < -0.39 is 6.10 Å². The first-order chi connectivity index (χ1) is 9.51. The number of unbranched alkanes of at least 4 members (excludes halogenated alkanes) is 1. The van der Waals surface area contributed by atoms with E-state index in [2.05, 4.69) is 6.92 Å². The Morgan fingerprint density at radius 3 is 2.55 bits per heavy atom. The van der Waals surface area contributed by atoms with E-state index in [0.717, 1.165) is 18.4 Å². The van der Waals surface area contributed by atoms with Crippen LogP contribution in [0.25, 0.3) is 0 Å². The molecule has 112 valence electrons. The van der Waals surface area contributed by atoms with Crippen molar-refractivity contribution in [2.24, 2.45) is 0 Å². The second-order valence-corrected chi connectivity index (χ2v) is 5.44. The summed E-state index contributed by atoms with van der Waals surface area (Å²) in [6, 6.07) is 3.65. The first-order valence-electron chi connectivity index (χ1n) is 7.27. The van der Waals surface area contributed by atoms with E-state index in [4.69, 9.17) is 0 Å². The lowest BCUT2D eigenvalue weighted by Crippen LogP contribution is -2.04. The fourth-order valence-electron chi connectivity index (χ4n) is 2.21. The van der Waals surface area contributed by atoms with E-state index in [0.29, 0.717) is 24.0 Å². The number of benzene rings is 1. The molecule has 0 saturated carbocycles. The van der Waals surface area contributed by atoms with Gasteiger partial charge in [0, 0.05) is 5.56 Å². The summed E-state index contributed by atoms with van der Waals surface area (Å²) in [7, 11) is 0. The zero-order valence-corrected chi connectivity index (χ0v) is 12.7. The SMILES string of the molecule is CCCC[C@H](O)c1ccc(CC=C(C)C)c(O)c1CO. The normalized spacial score (nSPS) is 12.2. The standard InChI is InChI=1S/C17H26O3/c1-4-5-6-16(19)14-10-9-13(8-7-12(2)3)17(20)15(14)11-18/h7,9-10,16,18-20H,4-6,8,11H2,1-3H3/t16-/m0/s1. The highest BCUT2D eigenvalue weighted by Crippen LogP contribution is 2.32. The van der Waals surface area contributed by atoms with Gasteiger partial charge in [0.25, 0.3) is 0 Å². The molecule has 20 heavy (non-hydrogen) atoms. The zero-order valence-electron chi connectivity index (χ0n) is 12.7. The highest BCUT2D eigenvalue weighted by atomic mass is 16.3. The van der Waals surface area contributed by atoms with Gasteiger partial charge in [-0.1, -0.05) is 43.5 Å². The number of rotatable bonds is 7. The summed E-state index contributed by atoms with van der Waals surface area (Å²) in [6.45, 7) is 5.83. The van der Waals surface area contributed by atoms with E-state index in [1.165, 1.54) is 5.57 Å². The predicted octanol–water partition coefficient (Wildman–Crippen LogP) is 3.62. The Morgan fingerprint density at radius 2 is 2.00 bits per heavy atom. The fraction of sp³-hybridized carbons (Fsp3) is 0.529. The average molecular weight is 278 g/mol. The van der Waals surface area contributed by atoms with Crippen LogP contribution < -0.4 is 0 Å². The largest absolute Gasteiger partial charge is 0.507 e. The molecule has 0 radical (unpaired) electrons. The van der Waals surface area contributed by atoms with Crippen LogP contribution in [0, 0.1) is 0 Å². The molecule has 3 nitrogen and oxygen atoms in total. The molecule has 3 N–H and O–H groups in total. The van der Waals surface area contributed by atoms with Crippen LogP contribution in [0.1, 0.15) is 62.8 Å². The zero-order chi connectivity index (χ0) is 15.1. The molecule has 0 amide bonds. The second kappa shape index (κ2) is 8.08. The Bertz CT molecular complexity index is 460. The molecular formula is C17H26O3. The molecule has 0 spiro atoms. The highest BCUT2D eigenvalue weighted by Gasteiger charge is 2.17. The first-order valence-corrected chi connectivity index (χ1v) is 7.27. The minimum atomic E-state index is -0.625. The van der Waals surface area contributed by atoms with Gasteiger partial charge >= 0.3 is 0 Å². The smallest absolute Gasteiger partial charge is 0.124 e. The maximum absolute atomic E-state index is 10.3. The van der Waals surface area contributed by atoms with Gasteiger partial charge in [-0.2, -0.15) is 0 Å². The number of allylic oxidation sites excluding steroid dienone is 2. The van der Waals surface area contributed by atoms with Crippen LogP contribution in [0.15, 0.2) is 23.8 Å². The van der Waals surface area contributed by atoms with Crippen LogP contribution in [0.2, 0.25) is 0 Å². The van der Waals surface area contributed by atoms with Crippen molar-refractivity contribution in [3.05, 3.63) is 40.5 Å². The Kier molecular flexibility index (Phi) is 6.76. The van der Waals surface area contributed by atoms with Crippen LogP contribution in [0.5, 0.6) is 5.75 Å². The van der Waals surface area contributed by atoms with Crippen molar-refractivity contribution >= 4 is 0 Å². The summed E-state index contributed by atoms with van der Waals surface area (Å²) in [5.74, 6) is 0.109. The van der Waals surface area contributed by atoms with Gasteiger partial charge in [0.1, 0.15) is 5.75 Å². The Labute approximate surface area is 121 Å². The third-order valence-electron chi connectivity index (χ3n) is 3.48. The Balaban J connectivity index is 3.04. The van der Waals surface area contributed by atoms with Crippen LogP contribution in [0.4, 0.5) is 0 Å². The molecule has 0 aliphatic heterocycles. The summed E-state index contributed by atoms with van der Waals surface area (Å²) >= 11 is 0. The molecular weight excluding hydrogens is 252 g/mol. The minimum absolute atomic E-state index is 0.109. The highest BCUT2D eigenvalue weighted by molar-refractivity contribution is 5.47. The lowest BCUT2D eigenvalue weighted by atomic mass is 9.94. The van der Waals surface area contributed by atoms with Crippen molar-refractivity contribution in [3.63, 3.8) is 0 Å². The number of aliphatic hydroxyl groups excluding tert-OH is 2. The molecule has 1 aromatic rings.